The fourth-order valence-electron chi connectivity index (χ4n) is 16.0. The number of allylic oxidation sites excluding steroid dienone is 2. The summed E-state index contributed by atoms with van der Waals surface area (Å²) in [4.78, 5) is 25.6. The monoisotopic (exact) mass is 821 g/mol. The minimum absolute atomic E-state index is 0. The number of hydrogen-bond donors (Lipinski definition) is 0. The van der Waals surface area contributed by atoms with Gasteiger partial charge in [-0.15, -0.1) is 0 Å². The van der Waals surface area contributed by atoms with Crippen LogP contribution in [0.25, 0.3) is 0 Å². The van der Waals surface area contributed by atoms with Gasteiger partial charge in [0.25, 0.3) is 0 Å². The Labute approximate surface area is 365 Å². The van der Waals surface area contributed by atoms with E-state index in [9.17, 15) is 9.59 Å². The van der Waals surface area contributed by atoms with Gasteiger partial charge in [0, 0.05) is 17.3 Å². The van der Waals surface area contributed by atoms with Crippen LogP contribution in [0.3, 0.4) is 0 Å². The van der Waals surface area contributed by atoms with Gasteiger partial charge in [-0.05, 0) is 149 Å². The summed E-state index contributed by atoms with van der Waals surface area (Å²) in [6.07, 6.45) is 20.7. The molecule has 0 aromatic carbocycles. The van der Waals surface area contributed by atoms with E-state index in [4.69, 9.17) is 18.9 Å². The zero-order valence-corrected chi connectivity index (χ0v) is 37.5. The van der Waals surface area contributed by atoms with E-state index in [0.717, 1.165) is 19.3 Å². The maximum atomic E-state index is 12.9. The molecule has 2 aliphatic heterocycles. The van der Waals surface area contributed by atoms with Crippen molar-refractivity contribution in [3.63, 3.8) is 0 Å². The van der Waals surface area contributed by atoms with E-state index in [0.29, 0.717) is 75.7 Å². The van der Waals surface area contributed by atoms with Crippen LogP contribution < -0.4 is 18.9 Å². The second-order valence-corrected chi connectivity index (χ2v) is 21.5. The van der Waals surface area contributed by atoms with Crippen LogP contribution in [-0.2, 0) is 45.6 Å². The molecule has 8 heteroatoms. The number of fused-ring (bicyclic) bond motifs is 16. The molecule has 0 N–H and O–H groups in total. The van der Waals surface area contributed by atoms with Crippen LogP contribution in [0.2, 0.25) is 0 Å². The van der Waals surface area contributed by atoms with Crippen molar-refractivity contribution < 1.29 is 64.5 Å². The molecule has 7 saturated carbocycles. The minimum Gasteiger partial charge on any atom is -0.358 e. The van der Waals surface area contributed by atoms with Gasteiger partial charge in [0.05, 0.1) is 24.4 Å². The Morgan fingerprint density at radius 2 is 1.04 bits per heavy atom. The van der Waals surface area contributed by atoms with Crippen LogP contribution >= 0.6 is 0 Å². The number of Topliss-reactive ketones (excluding diaryl/α,β-unsaturated/α-hetero) is 1. The number of carbonyl (C=O) groups excluding carboxylic acids is 2. The first-order valence-corrected chi connectivity index (χ1v) is 21.4. The summed E-state index contributed by atoms with van der Waals surface area (Å²) in [5.74, 6) is 4.64. The van der Waals surface area contributed by atoms with Gasteiger partial charge >= 0.3 is 35.9 Å². The Morgan fingerprint density at radius 1 is 0.589 bits per heavy atom. The van der Waals surface area contributed by atoms with Crippen molar-refractivity contribution in [2.24, 2.45) is 74.9 Å². The molecule has 318 valence electrons. The molecule has 9 fully saturated rings. The molecular formula is C48H78CuLiO6. The summed E-state index contributed by atoms with van der Waals surface area (Å²) in [5, 5.41) is 0. The molecular weight excluding hydrogens is 743 g/mol. The van der Waals surface area contributed by atoms with Crippen LogP contribution in [-0.4, -0.2) is 47.6 Å². The Morgan fingerprint density at radius 3 is 1.55 bits per heavy atom. The molecule has 8 aliphatic carbocycles. The van der Waals surface area contributed by atoms with Crippen LogP contribution in [0.1, 0.15) is 153 Å². The smallest absolute Gasteiger partial charge is 0.358 e. The Balaban J connectivity index is 0.000000228. The predicted molar refractivity (Wildman–Crippen MR) is 216 cm³/mol. The van der Waals surface area contributed by atoms with Crippen molar-refractivity contribution >= 4 is 11.6 Å². The van der Waals surface area contributed by atoms with Crippen LogP contribution in [0.5, 0.6) is 0 Å². The molecule has 56 heavy (non-hydrogen) atoms. The van der Waals surface area contributed by atoms with Gasteiger partial charge in [0.1, 0.15) is 5.78 Å². The van der Waals surface area contributed by atoms with Crippen molar-refractivity contribution in [1.29, 1.82) is 0 Å². The van der Waals surface area contributed by atoms with E-state index >= 15 is 0 Å². The zero-order valence-electron chi connectivity index (χ0n) is 36.6. The molecule has 10 aliphatic rings. The summed E-state index contributed by atoms with van der Waals surface area (Å²) in [6, 6.07) is 0. The van der Waals surface area contributed by atoms with Gasteiger partial charge in [-0.25, -0.2) is 0 Å². The zero-order chi connectivity index (χ0) is 36.1. The second-order valence-electron chi connectivity index (χ2n) is 21.5. The van der Waals surface area contributed by atoms with E-state index in [1.54, 1.807) is 0 Å². The first-order valence-electron chi connectivity index (χ1n) is 21.4. The number of ether oxygens (including phenoxy) is 4. The number of ketones is 2. The van der Waals surface area contributed by atoms with Gasteiger partial charge in [0.2, 0.25) is 0 Å². The van der Waals surface area contributed by atoms with Crippen molar-refractivity contribution in [1.82, 2.24) is 0 Å². The van der Waals surface area contributed by atoms with E-state index < -0.39 is 11.6 Å². The first kappa shape index (κ1) is 48.7. The molecule has 0 radical (unpaired) electrons. The average molecular weight is 822 g/mol. The van der Waals surface area contributed by atoms with Crippen molar-refractivity contribution in [3.05, 3.63) is 27.0 Å². The molecule has 6 nitrogen and oxygen atoms in total. The van der Waals surface area contributed by atoms with Gasteiger partial charge in [-0.1, -0.05) is 73.8 Å². The Kier molecular flexibility index (Phi) is 14.0. The molecule has 0 amide bonds. The number of carbonyl (C=O) groups is 2. The van der Waals surface area contributed by atoms with E-state index in [2.05, 4.69) is 68.4 Å². The van der Waals surface area contributed by atoms with Crippen molar-refractivity contribution in [2.75, 3.05) is 0 Å². The van der Waals surface area contributed by atoms with E-state index in [-0.39, 0.29) is 93.5 Å². The SMILES string of the molecule is C.CC1(C)O[C@@H]2C3C(CC[C@]4(C)C(=O)C=CC34)[C@@]3(C)CCCCC3[C@H]2O1.CC1CC(=O)[C@@]2(C)CCC3C(C12)[C@H]1OC(C)(C)O[C@@H]1C1CCCC[C@]31C.[CH3-].[CH3-].[Cu+].[Li+]. The van der Waals surface area contributed by atoms with Crippen molar-refractivity contribution in [2.45, 2.75) is 189 Å². The maximum Gasteiger partial charge on any atom is 1.00 e. The third kappa shape index (κ3) is 6.84. The maximum absolute atomic E-state index is 12.9. The summed E-state index contributed by atoms with van der Waals surface area (Å²) >= 11 is 0. The molecule has 2 heterocycles. The topological polar surface area (TPSA) is 71.1 Å². The standard InChI is InChI=1S/C23H36O3.C22H32O3.CH4.2CH3.Cu.Li/c1-13-12-16(24)23(5)11-9-14-17(18(13)23)20-19(25-21(2,3)26-20)15-8-6-7-10-22(14,15)4;1-20(2)24-18-15-7-5-6-11-21(15,3)14-10-12-22(4)13(8-9-16(22)23)17(14)19(18)25-20;;;;;/h13-15,17-20H,6-12H2,1-5H3;8-9,13-15,17-19H,5-7,10-12H2,1-4H3;1H4;2*1H3;;/q;;;2*-1;2*+1/t13?,14?,15?,17?,18?,19-,20-,22-,23-;13?,14?,15?,17?,18-,19-,21-,22+;;;;;/m11...../s1. The summed E-state index contributed by atoms with van der Waals surface area (Å²) in [5.41, 5.74) is 0.369. The predicted octanol–water partition coefficient (Wildman–Crippen LogP) is 8.02. The third-order valence-electron chi connectivity index (χ3n) is 18.2. The van der Waals surface area contributed by atoms with Gasteiger partial charge < -0.3 is 33.8 Å². The normalized spacial score (nSPS) is 51.9. The molecule has 0 aromatic heterocycles. The number of hydrogen-bond acceptors (Lipinski definition) is 6. The second kappa shape index (κ2) is 16.1. The van der Waals surface area contributed by atoms with E-state index in [1.807, 2.05) is 6.08 Å². The summed E-state index contributed by atoms with van der Waals surface area (Å²) in [6.45, 7) is 20.2. The molecule has 9 unspecified atom stereocenters. The van der Waals surface area contributed by atoms with Crippen LogP contribution in [0, 0.1) is 89.8 Å². The molecule has 2 saturated heterocycles. The summed E-state index contributed by atoms with van der Waals surface area (Å²) in [7, 11) is 0. The molecule has 0 aromatic rings. The largest absolute Gasteiger partial charge is 1.00 e. The van der Waals surface area contributed by atoms with Crippen LogP contribution in [0.4, 0.5) is 0 Å². The van der Waals surface area contributed by atoms with Gasteiger partial charge in [-0.3, -0.25) is 9.59 Å². The quantitative estimate of drug-likeness (QED) is 0.182. The molecule has 10 rings (SSSR count). The third-order valence-corrected chi connectivity index (χ3v) is 18.2. The van der Waals surface area contributed by atoms with Gasteiger partial charge in [0.15, 0.2) is 17.4 Å². The fraction of sp³-hybridized carbons (Fsp3) is 0.875. The van der Waals surface area contributed by atoms with E-state index in [1.165, 1.54) is 64.2 Å². The minimum atomic E-state index is -0.497. The molecule has 0 spiro atoms. The Hall–Kier alpha value is 0.0369. The molecule has 0 bridgehead atoms. The fourth-order valence-corrected chi connectivity index (χ4v) is 16.0. The van der Waals surface area contributed by atoms with Gasteiger partial charge in [-0.2, -0.15) is 0 Å². The van der Waals surface area contributed by atoms with Crippen molar-refractivity contribution in [3.8, 4) is 0 Å². The first-order chi connectivity index (χ1) is 23.9. The Bertz CT molecular complexity index is 1500. The number of rotatable bonds is 0. The summed E-state index contributed by atoms with van der Waals surface area (Å²) < 4.78 is 26.2. The van der Waals surface area contributed by atoms with Crippen LogP contribution in [0.15, 0.2) is 12.2 Å². The average Bonchev–Trinajstić information content (AvgIpc) is 3.74. The molecule has 17 atom stereocenters.